The van der Waals surface area contributed by atoms with Crippen molar-refractivity contribution >= 4 is 12.6 Å². The molecule has 0 saturated heterocycles. The van der Waals surface area contributed by atoms with Gasteiger partial charge in [0, 0.05) is 12.1 Å². The first-order valence-corrected chi connectivity index (χ1v) is 4.10. The fourth-order valence-electron chi connectivity index (χ4n) is 1.00. The standard InChI is InChI=1S/C9H11O3S/c1-10-6-4-8(12-3)9(13)5-7(6)11-2/h4-5H,1-3H3. The summed E-state index contributed by atoms with van der Waals surface area (Å²) in [6.07, 6.45) is 0. The summed E-state index contributed by atoms with van der Waals surface area (Å²) in [7, 11) is 4.70. The van der Waals surface area contributed by atoms with E-state index >= 15 is 0 Å². The largest absolute Gasteiger partial charge is 0.495 e. The molecule has 3 nitrogen and oxygen atoms in total. The van der Waals surface area contributed by atoms with Gasteiger partial charge in [-0.05, 0) is 0 Å². The quantitative estimate of drug-likeness (QED) is 0.747. The Morgan fingerprint density at radius 2 is 1.31 bits per heavy atom. The maximum Gasteiger partial charge on any atom is 0.164 e. The fraction of sp³-hybridized carbons (Fsp3) is 0.333. The van der Waals surface area contributed by atoms with E-state index in [0.717, 1.165) is 0 Å². The molecule has 4 heteroatoms. The van der Waals surface area contributed by atoms with Crippen molar-refractivity contribution in [1.29, 1.82) is 0 Å². The van der Waals surface area contributed by atoms with Crippen molar-refractivity contribution in [3.8, 4) is 17.2 Å². The Bertz CT molecular complexity index is 299. The first kappa shape index (κ1) is 9.92. The van der Waals surface area contributed by atoms with E-state index in [0.29, 0.717) is 22.1 Å². The van der Waals surface area contributed by atoms with Crippen LogP contribution in [0.4, 0.5) is 0 Å². The van der Waals surface area contributed by atoms with Gasteiger partial charge in [-0.25, -0.2) is 0 Å². The Kier molecular flexibility index (Phi) is 3.19. The van der Waals surface area contributed by atoms with Crippen LogP contribution in [0.2, 0.25) is 0 Å². The lowest BCUT2D eigenvalue weighted by molar-refractivity contribution is 0.345. The SMILES string of the molecule is COc1cc(OC)c(OC)cc1[S]. The minimum Gasteiger partial charge on any atom is -0.495 e. The van der Waals surface area contributed by atoms with Gasteiger partial charge in [-0.1, -0.05) is 12.6 Å². The lowest BCUT2D eigenvalue weighted by Gasteiger charge is -2.10. The fourth-order valence-corrected chi connectivity index (χ4v) is 1.25. The topological polar surface area (TPSA) is 27.7 Å². The van der Waals surface area contributed by atoms with Crippen LogP contribution < -0.4 is 14.2 Å². The van der Waals surface area contributed by atoms with Gasteiger partial charge in [0.2, 0.25) is 0 Å². The molecule has 0 unspecified atom stereocenters. The van der Waals surface area contributed by atoms with E-state index in [1.54, 1.807) is 33.5 Å². The zero-order valence-corrected chi connectivity index (χ0v) is 8.60. The van der Waals surface area contributed by atoms with Crippen LogP contribution in [0, 0.1) is 0 Å². The van der Waals surface area contributed by atoms with E-state index in [4.69, 9.17) is 26.8 Å². The average Bonchev–Trinajstić information content (AvgIpc) is 2.17. The van der Waals surface area contributed by atoms with Crippen molar-refractivity contribution in [3.05, 3.63) is 12.1 Å². The highest BCUT2D eigenvalue weighted by molar-refractivity contribution is 7.80. The van der Waals surface area contributed by atoms with Gasteiger partial charge in [-0.2, -0.15) is 0 Å². The Hall–Kier alpha value is -1.16. The van der Waals surface area contributed by atoms with Crippen molar-refractivity contribution in [1.82, 2.24) is 0 Å². The van der Waals surface area contributed by atoms with Crippen LogP contribution in [0.5, 0.6) is 17.2 Å². The molecule has 0 aliphatic rings. The Balaban J connectivity index is 3.18. The summed E-state index contributed by atoms with van der Waals surface area (Å²) in [6, 6.07) is 3.41. The first-order chi connectivity index (χ1) is 6.22. The highest BCUT2D eigenvalue weighted by Crippen LogP contribution is 2.36. The first-order valence-electron chi connectivity index (χ1n) is 3.70. The second kappa shape index (κ2) is 4.18. The van der Waals surface area contributed by atoms with Crippen LogP contribution in [0.15, 0.2) is 17.0 Å². The molecular weight excluding hydrogens is 188 g/mol. The third-order valence-corrected chi connectivity index (χ3v) is 1.99. The van der Waals surface area contributed by atoms with E-state index in [1.807, 2.05) is 0 Å². The van der Waals surface area contributed by atoms with E-state index in [9.17, 15) is 0 Å². The summed E-state index contributed by atoms with van der Waals surface area (Å²) in [5.41, 5.74) is 0. The predicted octanol–water partition coefficient (Wildman–Crippen LogP) is 2.27. The predicted molar refractivity (Wildman–Crippen MR) is 52.0 cm³/mol. The second-order valence-electron chi connectivity index (χ2n) is 2.36. The van der Waals surface area contributed by atoms with Gasteiger partial charge in [-0.15, -0.1) is 0 Å². The molecule has 0 aliphatic heterocycles. The van der Waals surface area contributed by atoms with Gasteiger partial charge in [-0.3, -0.25) is 0 Å². The summed E-state index contributed by atoms with van der Waals surface area (Å²) >= 11 is 5.05. The van der Waals surface area contributed by atoms with Crippen LogP contribution in [0.25, 0.3) is 0 Å². The summed E-state index contributed by atoms with van der Waals surface area (Å²) in [5, 5.41) is 0. The summed E-state index contributed by atoms with van der Waals surface area (Å²) < 4.78 is 15.2. The normalized spacial score (nSPS) is 9.46. The molecule has 0 saturated carbocycles. The molecule has 0 heterocycles. The monoisotopic (exact) mass is 199 g/mol. The van der Waals surface area contributed by atoms with Crippen LogP contribution >= 0.6 is 12.6 Å². The lowest BCUT2D eigenvalue weighted by atomic mass is 10.3. The number of methoxy groups -OCH3 is 3. The Morgan fingerprint density at radius 3 is 1.77 bits per heavy atom. The molecule has 0 fully saturated rings. The van der Waals surface area contributed by atoms with Crippen molar-refractivity contribution in [2.75, 3.05) is 21.3 Å². The van der Waals surface area contributed by atoms with Gasteiger partial charge >= 0.3 is 0 Å². The number of benzene rings is 1. The maximum absolute atomic E-state index is 5.08. The Morgan fingerprint density at radius 1 is 0.846 bits per heavy atom. The van der Waals surface area contributed by atoms with Crippen molar-refractivity contribution in [3.63, 3.8) is 0 Å². The molecule has 71 valence electrons. The zero-order valence-electron chi connectivity index (χ0n) is 7.79. The minimum absolute atomic E-state index is 0.611. The van der Waals surface area contributed by atoms with E-state index in [2.05, 4.69) is 0 Å². The third kappa shape index (κ3) is 1.95. The van der Waals surface area contributed by atoms with Crippen molar-refractivity contribution in [2.24, 2.45) is 0 Å². The molecule has 0 aromatic heterocycles. The third-order valence-electron chi connectivity index (χ3n) is 1.67. The number of hydrogen-bond acceptors (Lipinski definition) is 3. The molecule has 1 aromatic carbocycles. The number of rotatable bonds is 3. The lowest BCUT2D eigenvalue weighted by Crippen LogP contribution is -1.92. The molecule has 13 heavy (non-hydrogen) atoms. The van der Waals surface area contributed by atoms with Crippen LogP contribution in [0.3, 0.4) is 0 Å². The number of hydrogen-bond donors (Lipinski definition) is 0. The van der Waals surface area contributed by atoms with Gasteiger partial charge in [0.1, 0.15) is 5.75 Å². The van der Waals surface area contributed by atoms with Gasteiger partial charge in [0.25, 0.3) is 0 Å². The van der Waals surface area contributed by atoms with Crippen molar-refractivity contribution < 1.29 is 14.2 Å². The van der Waals surface area contributed by atoms with Gasteiger partial charge in [0.05, 0.1) is 26.2 Å². The highest BCUT2D eigenvalue weighted by Gasteiger charge is 2.09. The van der Waals surface area contributed by atoms with E-state index in [-0.39, 0.29) is 0 Å². The molecule has 1 radical (unpaired) electrons. The molecular formula is C9H11O3S. The molecule has 0 spiro atoms. The summed E-state index contributed by atoms with van der Waals surface area (Å²) in [4.78, 5) is 0.611. The highest BCUT2D eigenvalue weighted by atomic mass is 32.1. The van der Waals surface area contributed by atoms with E-state index < -0.39 is 0 Å². The minimum atomic E-state index is 0.611. The van der Waals surface area contributed by atoms with Gasteiger partial charge in [0.15, 0.2) is 11.5 Å². The summed E-state index contributed by atoms with van der Waals surface area (Å²) in [6.45, 7) is 0. The zero-order chi connectivity index (χ0) is 9.84. The molecule has 0 bridgehead atoms. The van der Waals surface area contributed by atoms with Crippen LogP contribution in [0.1, 0.15) is 0 Å². The van der Waals surface area contributed by atoms with Gasteiger partial charge < -0.3 is 14.2 Å². The van der Waals surface area contributed by atoms with Crippen LogP contribution in [-0.2, 0) is 0 Å². The summed E-state index contributed by atoms with van der Waals surface area (Å²) in [5.74, 6) is 1.86. The maximum atomic E-state index is 5.08. The molecule has 0 amide bonds. The second-order valence-corrected chi connectivity index (χ2v) is 2.80. The molecule has 1 aromatic rings. The van der Waals surface area contributed by atoms with Crippen LogP contribution in [-0.4, -0.2) is 21.3 Å². The molecule has 0 atom stereocenters. The molecule has 0 N–H and O–H groups in total. The molecule has 1 rings (SSSR count). The Labute approximate surface area is 83.0 Å². The molecule has 0 aliphatic carbocycles. The van der Waals surface area contributed by atoms with E-state index in [1.165, 1.54) is 0 Å². The average molecular weight is 199 g/mol. The van der Waals surface area contributed by atoms with Crippen molar-refractivity contribution in [2.45, 2.75) is 4.90 Å². The smallest absolute Gasteiger partial charge is 0.164 e. The number of ether oxygens (including phenoxy) is 3.